The molecule has 1 aromatic carbocycles. The number of fused-ring (bicyclic) bond motifs is 2. The zero-order valence-corrected chi connectivity index (χ0v) is 15.0. The molecule has 0 heterocycles. The third-order valence-corrected chi connectivity index (χ3v) is 6.92. The summed E-state index contributed by atoms with van der Waals surface area (Å²) in [5.74, 6) is 0.525. The lowest BCUT2D eigenvalue weighted by atomic mass is 9.69. The number of nitrogens with one attached hydrogen (secondary N) is 1. The Morgan fingerprint density at radius 1 is 1.33 bits per heavy atom. The molecule has 0 spiro atoms. The molecule has 1 aromatic rings. The first-order valence-electron chi connectivity index (χ1n) is 9.07. The largest absolute Gasteiger partial charge is 0.389 e. The molecule has 2 aliphatic rings. The van der Waals surface area contributed by atoms with E-state index >= 15 is 0 Å². The predicted molar refractivity (Wildman–Crippen MR) is 93.1 cm³/mol. The summed E-state index contributed by atoms with van der Waals surface area (Å²) in [6.07, 6.45) is 3.23. The van der Waals surface area contributed by atoms with Gasteiger partial charge in [-0.15, -0.1) is 0 Å². The Hall–Kier alpha value is -0.970. The van der Waals surface area contributed by atoms with Gasteiger partial charge in [-0.3, -0.25) is 0 Å². The molecule has 4 atom stereocenters. The molecular weight excluding hydrogens is 305 g/mol. The van der Waals surface area contributed by atoms with Crippen molar-refractivity contribution in [3.8, 4) is 0 Å². The van der Waals surface area contributed by atoms with E-state index in [-0.39, 0.29) is 19.0 Å². The lowest BCUT2D eigenvalue weighted by Gasteiger charge is -2.40. The summed E-state index contributed by atoms with van der Waals surface area (Å²) in [4.78, 5) is 0. The van der Waals surface area contributed by atoms with E-state index in [1.54, 1.807) is 18.2 Å². The SMILES string of the molecule is CC1(C)[C@@H]2CC[C@@]1(C)[C@H](NC[C@H](O)COCc1ccccc1F)C2. The van der Waals surface area contributed by atoms with Gasteiger partial charge in [0.2, 0.25) is 0 Å². The Bertz CT molecular complexity index is 577. The molecule has 0 saturated heterocycles. The van der Waals surface area contributed by atoms with Crippen LogP contribution in [0.3, 0.4) is 0 Å². The summed E-state index contributed by atoms with van der Waals surface area (Å²) in [5, 5.41) is 13.7. The van der Waals surface area contributed by atoms with Crippen molar-refractivity contribution >= 4 is 0 Å². The molecule has 3 rings (SSSR count). The highest BCUT2D eigenvalue weighted by molar-refractivity contribution is 5.16. The van der Waals surface area contributed by atoms with Crippen LogP contribution in [0.5, 0.6) is 0 Å². The Morgan fingerprint density at radius 2 is 2.08 bits per heavy atom. The summed E-state index contributed by atoms with van der Waals surface area (Å²) in [6.45, 7) is 8.11. The predicted octanol–water partition coefficient (Wildman–Crippen LogP) is 3.51. The molecule has 134 valence electrons. The first-order chi connectivity index (χ1) is 11.3. The van der Waals surface area contributed by atoms with Gasteiger partial charge in [-0.1, -0.05) is 39.0 Å². The normalized spacial score (nSPS) is 32.2. The van der Waals surface area contributed by atoms with Crippen LogP contribution in [0.1, 0.15) is 45.6 Å². The summed E-state index contributed by atoms with van der Waals surface area (Å²) in [5.41, 5.74) is 1.21. The lowest BCUT2D eigenvalue weighted by Crippen LogP contribution is -2.47. The molecule has 2 fully saturated rings. The number of hydrogen-bond donors (Lipinski definition) is 2. The Morgan fingerprint density at radius 3 is 2.71 bits per heavy atom. The molecule has 3 nitrogen and oxygen atoms in total. The smallest absolute Gasteiger partial charge is 0.128 e. The third-order valence-electron chi connectivity index (χ3n) is 6.92. The highest BCUT2D eigenvalue weighted by atomic mass is 19.1. The molecule has 0 radical (unpaired) electrons. The van der Waals surface area contributed by atoms with Crippen molar-refractivity contribution in [2.24, 2.45) is 16.7 Å². The molecule has 0 unspecified atom stereocenters. The van der Waals surface area contributed by atoms with Crippen molar-refractivity contribution in [3.05, 3.63) is 35.6 Å². The van der Waals surface area contributed by atoms with Gasteiger partial charge >= 0.3 is 0 Å². The second kappa shape index (κ2) is 6.74. The number of aliphatic hydroxyl groups is 1. The van der Waals surface area contributed by atoms with Crippen molar-refractivity contribution in [3.63, 3.8) is 0 Å². The van der Waals surface area contributed by atoms with Gasteiger partial charge in [-0.25, -0.2) is 4.39 Å². The number of halogens is 1. The molecule has 2 aliphatic carbocycles. The zero-order chi connectivity index (χ0) is 17.4. The van der Waals surface area contributed by atoms with Crippen molar-refractivity contribution in [1.29, 1.82) is 0 Å². The fraction of sp³-hybridized carbons (Fsp3) is 0.700. The van der Waals surface area contributed by atoms with E-state index in [0.717, 1.165) is 5.92 Å². The van der Waals surface area contributed by atoms with Crippen LogP contribution < -0.4 is 5.32 Å². The topological polar surface area (TPSA) is 41.5 Å². The highest BCUT2D eigenvalue weighted by Crippen LogP contribution is 2.65. The van der Waals surface area contributed by atoms with E-state index in [9.17, 15) is 9.50 Å². The van der Waals surface area contributed by atoms with Gasteiger partial charge in [-0.05, 0) is 42.1 Å². The number of aliphatic hydroxyl groups excluding tert-OH is 1. The van der Waals surface area contributed by atoms with Gasteiger partial charge < -0.3 is 15.2 Å². The quantitative estimate of drug-likeness (QED) is 0.801. The molecule has 4 heteroatoms. The van der Waals surface area contributed by atoms with Crippen LogP contribution in [0.25, 0.3) is 0 Å². The number of ether oxygens (including phenoxy) is 1. The minimum Gasteiger partial charge on any atom is -0.389 e. The second-order valence-corrected chi connectivity index (χ2v) is 8.33. The van der Waals surface area contributed by atoms with Gasteiger partial charge in [-0.2, -0.15) is 0 Å². The van der Waals surface area contributed by atoms with Gasteiger partial charge in [0.1, 0.15) is 5.82 Å². The molecule has 2 saturated carbocycles. The molecule has 2 bridgehead atoms. The van der Waals surface area contributed by atoms with E-state index in [2.05, 4.69) is 26.1 Å². The second-order valence-electron chi connectivity index (χ2n) is 8.33. The van der Waals surface area contributed by atoms with Gasteiger partial charge in [0.15, 0.2) is 0 Å². The van der Waals surface area contributed by atoms with Crippen LogP contribution in [0.15, 0.2) is 24.3 Å². The Kier molecular flexibility index (Phi) is 5.01. The minimum atomic E-state index is -0.567. The minimum absolute atomic E-state index is 0.194. The maximum atomic E-state index is 13.5. The van der Waals surface area contributed by atoms with Gasteiger partial charge in [0.25, 0.3) is 0 Å². The lowest BCUT2D eigenvalue weighted by molar-refractivity contribution is 0.0223. The van der Waals surface area contributed by atoms with E-state index in [0.29, 0.717) is 29.0 Å². The van der Waals surface area contributed by atoms with Crippen LogP contribution in [-0.2, 0) is 11.3 Å². The fourth-order valence-electron chi connectivity index (χ4n) is 4.77. The van der Waals surface area contributed by atoms with Crippen molar-refractivity contribution < 1.29 is 14.2 Å². The Labute approximate surface area is 144 Å². The summed E-state index contributed by atoms with van der Waals surface area (Å²) >= 11 is 0. The standard InChI is InChI=1S/C20H30FNO2/c1-19(2)15-8-9-20(19,3)18(10-15)22-11-16(23)13-24-12-14-6-4-5-7-17(14)21/h4-7,15-16,18,22-23H,8-13H2,1-3H3/t15-,16+,18-,20+/m1/s1. The van der Waals surface area contributed by atoms with Crippen LogP contribution in [0, 0.1) is 22.6 Å². The van der Waals surface area contributed by atoms with Crippen LogP contribution >= 0.6 is 0 Å². The zero-order valence-electron chi connectivity index (χ0n) is 15.0. The van der Waals surface area contributed by atoms with Crippen LogP contribution in [-0.4, -0.2) is 30.4 Å². The van der Waals surface area contributed by atoms with E-state index in [4.69, 9.17) is 4.74 Å². The molecular formula is C20H30FNO2. The molecule has 0 amide bonds. The molecule has 24 heavy (non-hydrogen) atoms. The molecule has 2 N–H and O–H groups in total. The molecule has 0 aliphatic heterocycles. The van der Waals surface area contributed by atoms with Gasteiger partial charge in [0.05, 0.1) is 19.3 Å². The van der Waals surface area contributed by atoms with Crippen LogP contribution in [0.4, 0.5) is 4.39 Å². The highest BCUT2D eigenvalue weighted by Gasteiger charge is 2.60. The van der Waals surface area contributed by atoms with Gasteiger partial charge in [0, 0.05) is 18.2 Å². The van der Waals surface area contributed by atoms with E-state index in [1.165, 1.54) is 25.3 Å². The van der Waals surface area contributed by atoms with Crippen molar-refractivity contribution in [2.75, 3.05) is 13.2 Å². The monoisotopic (exact) mass is 335 g/mol. The fourth-order valence-corrected chi connectivity index (χ4v) is 4.77. The van der Waals surface area contributed by atoms with E-state index < -0.39 is 6.10 Å². The summed E-state index contributed by atoms with van der Waals surface area (Å²) in [7, 11) is 0. The number of rotatable bonds is 7. The van der Waals surface area contributed by atoms with Crippen molar-refractivity contribution in [1.82, 2.24) is 5.32 Å². The Balaban J connectivity index is 1.42. The third kappa shape index (κ3) is 3.12. The maximum Gasteiger partial charge on any atom is 0.128 e. The average molecular weight is 335 g/mol. The summed E-state index contributed by atoms with van der Waals surface area (Å²) in [6, 6.07) is 7.05. The first-order valence-corrected chi connectivity index (χ1v) is 9.07. The number of hydrogen-bond acceptors (Lipinski definition) is 3. The summed E-state index contributed by atoms with van der Waals surface area (Å²) < 4.78 is 19.0. The number of benzene rings is 1. The first kappa shape index (κ1) is 17.8. The maximum absolute atomic E-state index is 13.5. The van der Waals surface area contributed by atoms with Crippen LogP contribution in [0.2, 0.25) is 0 Å². The molecule has 0 aromatic heterocycles. The van der Waals surface area contributed by atoms with E-state index in [1.807, 2.05) is 0 Å². The average Bonchev–Trinajstić information content (AvgIpc) is 2.88. The van der Waals surface area contributed by atoms with Crippen molar-refractivity contribution in [2.45, 2.75) is 58.8 Å².